The first-order valence-electron chi connectivity index (χ1n) is 6.91. The topological polar surface area (TPSA) is 84.9 Å². The summed E-state index contributed by atoms with van der Waals surface area (Å²) in [5.74, 6) is 0.647. The van der Waals surface area contributed by atoms with Crippen molar-refractivity contribution in [2.45, 2.75) is 25.8 Å². The first-order valence-corrected chi connectivity index (χ1v) is 6.91. The number of imide groups is 1. The summed E-state index contributed by atoms with van der Waals surface area (Å²) in [6.07, 6.45) is 0.308. The first-order chi connectivity index (χ1) is 10.4. The Bertz CT molecular complexity index is 672. The van der Waals surface area contributed by atoms with Crippen molar-refractivity contribution < 1.29 is 23.9 Å². The molecule has 0 saturated carbocycles. The molecule has 1 saturated heterocycles. The molecule has 2 aliphatic heterocycles. The highest BCUT2D eigenvalue weighted by molar-refractivity contribution is 6.08. The number of benzene rings is 1. The molecule has 2 heterocycles. The Kier molecular flexibility index (Phi) is 3.27. The molecule has 22 heavy (non-hydrogen) atoms. The highest BCUT2D eigenvalue weighted by Crippen LogP contribution is 2.34. The predicted molar refractivity (Wildman–Crippen MR) is 75.6 cm³/mol. The van der Waals surface area contributed by atoms with Crippen molar-refractivity contribution in [2.24, 2.45) is 0 Å². The van der Waals surface area contributed by atoms with E-state index in [1.54, 1.807) is 19.1 Å². The van der Waals surface area contributed by atoms with Crippen LogP contribution in [0.2, 0.25) is 0 Å². The van der Waals surface area contributed by atoms with Gasteiger partial charge in [-0.2, -0.15) is 0 Å². The number of rotatable bonds is 4. The number of nitrogens with zero attached hydrogens (tertiary/aromatic N) is 1. The Morgan fingerprint density at radius 2 is 2.05 bits per heavy atom. The fourth-order valence-corrected chi connectivity index (χ4v) is 2.69. The van der Waals surface area contributed by atoms with E-state index < -0.39 is 17.5 Å². The van der Waals surface area contributed by atoms with Crippen molar-refractivity contribution in [3.63, 3.8) is 0 Å². The van der Waals surface area contributed by atoms with E-state index in [0.29, 0.717) is 17.9 Å². The monoisotopic (exact) mass is 304 g/mol. The van der Waals surface area contributed by atoms with Crippen molar-refractivity contribution in [1.82, 2.24) is 10.2 Å². The molecule has 1 fully saturated rings. The summed E-state index contributed by atoms with van der Waals surface area (Å²) >= 11 is 0. The van der Waals surface area contributed by atoms with E-state index in [1.807, 2.05) is 6.07 Å². The second-order valence-corrected chi connectivity index (χ2v) is 5.72. The molecule has 1 aromatic rings. The second-order valence-electron chi connectivity index (χ2n) is 5.72. The van der Waals surface area contributed by atoms with E-state index in [4.69, 9.17) is 9.47 Å². The largest absolute Gasteiger partial charge is 0.454 e. The Balaban J connectivity index is 1.81. The van der Waals surface area contributed by atoms with Gasteiger partial charge in [-0.3, -0.25) is 14.5 Å². The average Bonchev–Trinajstić information content (AvgIpc) is 2.97. The minimum Gasteiger partial charge on any atom is -0.454 e. The van der Waals surface area contributed by atoms with Gasteiger partial charge in [0.25, 0.3) is 5.91 Å². The van der Waals surface area contributed by atoms with Crippen molar-refractivity contribution in [3.05, 3.63) is 23.8 Å². The molecule has 3 rings (SSSR count). The lowest BCUT2D eigenvalue weighted by molar-refractivity contribution is -0.133. The van der Waals surface area contributed by atoms with Gasteiger partial charge in [0.2, 0.25) is 6.79 Å². The molecule has 116 valence electrons. The molecule has 0 bridgehead atoms. The number of carbonyl (C=O) groups is 3. The number of hydrogen-bond acceptors (Lipinski definition) is 5. The fourth-order valence-electron chi connectivity index (χ4n) is 2.69. The molecular weight excluding hydrogens is 288 g/mol. The van der Waals surface area contributed by atoms with Gasteiger partial charge in [0.15, 0.2) is 11.5 Å². The molecular formula is C15H16N2O5. The minimum atomic E-state index is -1.07. The van der Waals surface area contributed by atoms with Crippen LogP contribution in [0.4, 0.5) is 4.79 Å². The SMILES string of the molecule is CC(=O)CN1C(=O)N[C@](C)(Cc2ccc3c(c2)OCO3)C1=O. The van der Waals surface area contributed by atoms with Crippen molar-refractivity contribution in [2.75, 3.05) is 13.3 Å². The normalized spacial score (nSPS) is 22.9. The Hall–Kier alpha value is -2.57. The third-order valence-electron chi connectivity index (χ3n) is 3.72. The van der Waals surface area contributed by atoms with Crippen molar-refractivity contribution in [3.8, 4) is 11.5 Å². The molecule has 1 aromatic carbocycles. The van der Waals surface area contributed by atoms with Crippen molar-refractivity contribution in [1.29, 1.82) is 0 Å². The van der Waals surface area contributed by atoms with Crippen LogP contribution in [0, 0.1) is 0 Å². The summed E-state index contributed by atoms with van der Waals surface area (Å²) in [4.78, 5) is 36.5. The second kappa shape index (κ2) is 5.01. The molecule has 1 atom stereocenters. The highest BCUT2D eigenvalue weighted by atomic mass is 16.7. The van der Waals surface area contributed by atoms with E-state index in [2.05, 4.69) is 5.32 Å². The highest BCUT2D eigenvalue weighted by Gasteiger charge is 2.48. The summed E-state index contributed by atoms with van der Waals surface area (Å²) in [7, 11) is 0. The summed E-state index contributed by atoms with van der Waals surface area (Å²) < 4.78 is 10.6. The van der Waals surface area contributed by atoms with Crippen LogP contribution in [0.5, 0.6) is 11.5 Å². The van der Waals surface area contributed by atoms with Crippen LogP contribution < -0.4 is 14.8 Å². The van der Waals surface area contributed by atoms with E-state index in [-0.39, 0.29) is 19.1 Å². The molecule has 0 unspecified atom stereocenters. The van der Waals surface area contributed by atoms with Gasteiger partial charge in [-0.15, -0.1) is 0 Å². The Morgan fingerprint density at radius 1 is 1.32 bits per heavy atom. The number of hydrogen-bond donors (Lipinski definition) is 1. The van der Waals surface area contributed by atoms with Crippen molar-refractivity contribution >= 4 is 17.7 Å². The zero-order valence-corrected chi connectivity index (χ0v) is 12.3. The van der Waals surface area contributed by atoms with E-state index >= 15 is 0 Å². The average molecular weight is 304 g/mol. The maximum absolute atomic E-state index is 12.4. The number of ether oxygens (including phenoxy) is 2. The van der Waals surface area contributed by atoms with Crippen LogP contribution in [0.15, 0.2) is 18.2 Å². The van der Waals surface area contributed by atoms with Gasteiger partial charge in [0.05, 0.1) is 6.54 Å². The standard InChI is InChI=1S/C15H16N2O5/c1-9(18)7-17-13(19)15(2,16-14(17)20)6-10-3-4-11-12(5-10)22-8-21-11/h3-5H,6-8H2,1-2H3,(H,16,20)/t15-/m1/s1. The molecule has 1 N–H and O–H groups in total. The molecule has 2 aliphatic rings. The van der Waals surface area contributed by atoms with E-state index in [0.717, 1.165) is 10.5 Å². The summed E-state index contributed by atoms with van der Waals surface area (Å²) in [5, 5.41) is 2.66. The van der Waals surface area contributed by atoms with Crippen LogP contribution in [-0.4, -0.2) is 41.5 Å². The third-order valence-corrected chi connectivity index (χ3v) is 3.72. The number of Topliss-reactive ketones (excluding diaryl/α,β-unsaturated/α-hetero) is 1. The molecule has 0 spiro atoms. The third kappa shape index (κ3) is 2.38. The van der Waals surface area contributed by atoms with E-state index in [1.165, 1.54) is 6.92 Å². The Labute approximate surface area is 127 Å². The van der Waals surface area contributed by atoms with Crippen LogP contribution in [0.3, 0.4) is 0 Å². The number of carbonyl (C=O) groups excluding carboxylic acids is 3. The Morgan fingerprint density at radius 3 is 2.77 bits per heavy atom. The number of amides is 3. The summed E-state index contributed by atoms with van der Waals surface area (Å²) in [6.45, 7) is 2.96. The quantitative estimate of drug-likeness (QED) is 0.834. The fraction of sp³-hybridized carbons (Fsp3) is 0.400. The molecule has 0 aliphatic carbocycles. The molecule has 0 aromatic heterocycles. The van der Waals surface area contributed by atoms with Gasteiger partial charge in [0, 0.05) is 6.42 Å². The van der Waals surface area contributed by atoms with Crippen LogP contribution in [-0.2, 0) is 16.0 Å². The molecule has 3 amide bonds. The number of nitrogens with one attached hydrogen (secondary N) is 1. The number of ketones is 1. The molecule has 7 heteroatoms. The minimum absolute atomic E-state index is 0.179. The molecule has 0 radical (unpaired) electrons. The van der Waals surface area contributed by atoms with Crippen LogP contribution >= 0.6 is 0 Å². The maximum Gasteiger partial charge on any atom is 0.325 e. The lowest BCUT2D eigenvalue weighted by Gasteiger charge is -2.21. The lowest BCUT2D eigenvalue weighted by atomic mass is 9.92. The zero-order valence-electron chi connectivity index (χ0n) is 12.3. The smallest absolute Gasteiger partial charge is 0.325 e. The van der Waals surface area contributed by atoms with Gasteiger partial charge in [0.1, 0.15) is 11.3 Å². The predicted octanol–water partition coefficient (Wildman–Crippen LogP) is 0.857. The summed E-state index contributed by atoms with van der Waals surface area (Å²) in [5.41, 5.74) is -0.231. The number of urea groups is 1. The van der Waals surface area contributed by atoms with Crippen LogP contribution in [0.1, 0.15) is 19.4 Å². The lowest BCUT2D eigenvalue weighted by Crippen LogP contribution is -2.46. The number of fused-ring (bicyclic) bond motifs is 1. The van der Waals surface area contributed by atoms with Gasteiger partial charge < -0.3 is 14.8 Å². The van der Waals surface area contributed by atoms with Crippen LogP contribution in [0.25, 0.3) is 0 Å². The van der Waals surface area contributed by atoms with Gasteiger partial charge in [-0.25, -0.2) is 4.79 Å². The van der Waals surface area contributed by atoms with E-state index in [9.17, 15) is 14.4 Å². The van der Waals surface area contributed by atoms with Gasteiger partial charge in [-0.05, 0) is 31.5 Å². The molecule has 7 nitrogen and oxygen atoms in total. The zero-order chi connectivity index (χ0) is 15.9. The van der Waals surface area contributed by atoms with Gasteiger partial charge >= 0.3 is 6.03 Å². The first kappa shape index (κ1) is 14.4. The van der Waals surface area contributed by atoms with Gasteiger partial charge in [-0.1, -0.05) is 6.07 Å². The maximum atomic E-state index is 12.4. The summed E-state index contributed by atoms with van der Waals surface area (Å²) in [6, 6.07) is 4.85.